The van der Waals surface area contributed by atoms with Crippen LogP contribution < -0.4 is 5.32 Å². The van der Waals surface area contributed by atoms with Gasteiger partial charge in [-0.1, -0.05) is 0 Å². The van der Waals surface area contributed by atoms with E-state index in [1.165, 1.54) is 27.1 Å². The predicted molar refractivity (Wildman–Crippen MR) is 82.3 cm³/mol. The molecule has 0 spiro atoms. The van der Waals surface area contributed by atoms with Gasteiger partial charge in [0.15, 0.2) is 0 Å². The number of fused-ring (bicyclic) bond motifs is 1. The lowest BCUT2D eigenvalue weighted by Crippen LogP contribution is -2.34. The number of hydrogen-bond donors (Lipinski definition) is 2. The SMILES string of the molecule is Cn1cc(C(=O)Nc2sc3c(c2C#N)CCN(C(=O)O)C3)cn1. The number of carbonyl (C=O) groups is 2. The van der Waals surface area contributed by atoms with Gasteiger partial charge in [0.25, 0.3) is 5.91 Å². The van der Waals surface area contributed by atoms with E-state index >= 15 is 0 Å². The zero-order chi connectivity index (χ0) is 16.6. The topological polar surface area (TPSA) is 111 Å². The zero-order valence-electron chi connectivity index (χ0n) is 12.2. The van der Waals surface area contributed by atoms with Gasteiger partial charge in [0, 0.05) is 24.7 Å². The highest BCUT2D eigenvalue weighted by atomic mass is 32.1. The Morgan fingerprint density at radius 3 is 2.91 bits per heavy atom. The summed E-state index contributed by atoms with van der Waals surface area (Å²) in [7, 11) is 1.71. The van der Waals surface area contributed by atoms with Crippen molar-refractivity contribution in [2.45, 2.75) is 13.0 Å². The molecule has 8 nitrogen and oxygen atoms in total. The molecule has 2 N–H and O–H groups in total. The van der Waals surface area contributed by atoms with Crippen molar-refractivity contribution in [3.8, 4) is 6.07 Å². The van der Waals surface area contributed by atoms with Gasteiger partial charge in [-0.15, -0.1) is 11.3 Å². The second-order valence-electron chi connectivity index (χ2n) is 5.13. The standard InChI is InChI=1S/C14H13N5O3S/c1-18-6-8(5-16-18)12(20)17-13-10(4-15)9-2-3-19(14(21)22)7-11(9)23-13/h5-6H,2-3,7H2,1H3,(H,17,20)(H,21,22). The van der Waals surface area contributed by atoms with E-state index in [-0.39, 0.29) is 12.5 Å². The van der Waals surface area contributed by atoms with Crippen molar-refractivity contribution in [2.24, 2.45) is 7.05 Å². The minimum absolute atomic E-state index is 0.243. The quantitative estimate of drug-likeness (QED) is 0.869. The summed E-state index contributed by atoms with van der Waals surface area (Å²) < 4.78 is 1.52. The van der Waals surface area contributed by atoms with Crippen LogP contribution in [0.25, 0.3) is 0 Å². The summed E-state index contributed by atoms with van der Waals surface area (Å²) in [5.74, 6) is -0.344. The largest absolute Gasteiger partial charge is 0.465 e. The summed E-state index contributed by atoms with van der Waals surface area (Å²) >= 11 is 1.25. The van der Waals surface area contributed by atoms with E-state index < -0.39 is 6.09 Å². The number of carboxylic acid groups (broad SMARTS) is 1. The van der Waals surface area contributed by atoms with Crippen molar-refractivity contribution < 1.29 is 14.7 Å². The molecule has 0 bridgehead atoms. The van der Waals surface area contributed by atoms with E-state index in [1.54, 1.807) is 13.2 Å². The molecule has 2 aromatic heterocycles. The number of nitrogens with one attached hydrogen (secondary N) is 1. The second-order valence-corrected chi connectivity index (χ2v) is 6.24. The number of aromatic nitrogens is 2. The molecule has 3 heterocycles. The summed E-state index contributed by atoms with van der Waals surface area (Å²) in [6.07, 6.45) is 2.52. The summed E-state index contributed by atoms with van der Waals surface area (Å²) in [5, 5.41) is 25.6. The van der Waals surface area contributed by atoms with E-state index in [9.17, 15) is 14.9 Å². The van der Waals surface area contributed by atoms with E-state index in [2.05, 4.69) is 16.5 Å². The predicted octanol–water partition coefficient (Wildman–Crippen LogP) is 1.64. The Morgan fingerprint density at radius 1 is 1.52 bits per heavy atom. The molecule has 2 aromatic rings. The number of rotatable bonds is 2. The van der Waals surface area contributed by atoms with Gasteiger partial charge in [-0.05, 0) is 12.0 Å². The fourth-order valence-electron chi connectivity index (χ4n) is 2.49. The molecule has 1 aliphatic rings. The van der Waals surface area contributed by atoms with Gasteiger partial charge in [0.05, 0.1) is 23.9 Å². The van der Waals surface area contributed by atoms with Crippen molar-refractivity contribution in [3.63, 3.8) is 0 Å². The summed E-state index contributed by atoms with van der Waals surface area (Å²) in [6, 6.07) is 2.12. The van der Waals surface area contributed by atoms with Crippen LogP contribution in [0.4, 0.5) is 9.80 Å². The summed E-state index contributed by atoms with van der Waals surface area (Å²) in [5.41, 5.74) is 1.65. The van der Waals surface area contributed by atoms with Gasteiger partial charge in [-0.25, -0.2) is 4.79 Å². The first-order chi connectivity index (χ1) is 11.0. The van der Waals surface area contributed by atoms with E-state index in [1.807, 2.05) is 0 Å². The zero-order valence-corrected chi connectivity index (χ0v) is 13.1. The van der Waals surface area contributed by atoms with Crippen LogP contribution >= 0.6 is 11.3 Å². The van der Waals surface area contributed by atoms with Crippen LogP contribution in [-0.4, -0.2) is 38.3 Å². The van der Waals surface area contributed by atoms with Gasteiger partial charge < -0.3 is 15.3 Å². The number of amides is 2. The van der Waals surface area contributed by atoms with Crippen LogP contribution in [0.15, 0.2) is 12.4 Å². The van der Waals surface area contributed by atoms with Crippen molar-refractivity contribution in [1.29, 1.82) is 5.26 Å². The van der Waals surface area contributed by atoms with Crippen LogP contribution in [0.5, 0.6) is 0 Å². The van der Waals surface area contributed by atoms with E-state index in [0.717, 1.165) is 10.4 Å². The fourth-order valence-corrected chi connectivity index (χ4v) is 3.70. The Labute approximate surface area is 135 Å². The van der Waals surface area contributed by atoms with Gasteiger partial charge in [-0.2, -0.15) is 10.4 Å². The Hall–Kier alpha value is -2.86. The number of aryl methyl sites for hydroxylation is 1. The molecule has 0 unspecified atom stereocenters. The first-order valence-electron chi connectivity index (χ1n) is 6.82. The maximum Gasteiger partial charge on any atom is 0.407 e. The molecule has 0 aromatic carbocycles. The third kappa shape index (κ3) is 2.76. The normalized spacial score (nSPS) is 13.3. The highest BCUT2D eigenvalue weighted by molar-refractivity contribution is 7.16. The van der Waals surface area contributed by atoms with Crippen LogP contribution in [0.2, 0.25) is 0 Å². The maximum atomic E-state index is 12.2. The molecule has 0 radical (unpaired) electrons. The fraction of sp³-hybridized carbons (Fsp3) is 0.286. The van der Waals surface area contributed by atoms with Gasteiger partial charge >= 0.3 is 6.09 Å². The van der Waals surface area contributed by atoms with Gasteiger partial charge in [-0.3, -0.25) is 9.48 Å². The third-order valence-corrected chi connectivity index (χ3v) is 4.77. The summed E-state index contributed by atoms with van der Waals surface area (Å²) in [6.45, 7) is 0.594. The number of thiophene rings is 1. The second kappa shape index (κ2) is 5.73. The van der Waals surface area contributed by atoms with Gasteiger partial charge in [0.1, 0.15) is 11.1 Å². The molecule has 0 atom stereocenters. The van der Waals surface area contributed by atoms with E-state index in [4.69, 9.17) is 5.11 Å². The Balaban J connectivity index is 1.88. The molecular weight excluding hydrogens is 318 g/mol. The molecule has 118 valence electrons. The van der Waals surface area contributed by atoms with E-state index in [0.29, 0.717) is 29.1 Å². The Morgan fingerprint density at radius 2 is 2.30 bits per heavy atom. The minimum Gasteiger partial charge on any atom is -0.465 e. The molecule has 3 rings (SSSR count). The molecule has 9 heteroatoms. The molecular formula is C14H13N5O3S. The highest BCUT2D eigenvalue weighted by Gasteiger charge is 2.27. The van der Waals surface area contributed by atoms with Gasteiger partial charge in [0.2, 0.25) is 0 Å². The summed E-state index contributed by atoms with van der Waals surface area (Å²) in [4.78, 5) is 25.4. The van der Waals surface area contributed by atoms with Crippen molar-refractivity contribution in [2.75, 3.05) is 11.9 Å². The average molecular weight is 331 g/mol. The van der Waals surface area contributed by atoms with Crippen molar-refractivity contribution in [1.82, 2.24) is 14.7 Å². The van der Waals surface area contributed by atoms with Crippen molar-refractivity contribution >= 4 is 28.3 Å². The first kappa shape index (κ1) is 15.1. The first-order valence-corrected chi connectivity index (χ1v) is 7.63. The maximum absolute atomic E-state index is 12.2. The van der Waals surface area contributed by atoms with Crippen LogP contribution in [0.3, 0.4) is 0 Å². The molecule has 0 saturated carbocycles. The lowest BCUT2D eigenvalue weighted by Gasteiger charge is -2.23. The Kier molecular flexibility index (Phi) is 3.75. The lowest BCUT2D eigenvalue weighted by molar-refractivity contribution is 0.102. The molecule has 0 aliphatic carbocycles. The number of nitrogens with zero attached hydrogens (tertiary/aromatic N) is 4. The Bertz CT molecular complexity index is 832. The smallest absolute Gasteiger partial charge is 0.407 e. The molecule has 23 heavy (non-hydrogen) atoms. The number of anilines is 1. The molecule has 2 amide bonds. The molecule has 0 saturated heterocycles. The van der Waals surface area contributed by atoms with Crippen LogP contribution in [0.1, 0.15) is 26.4 Å². The van der Waals surface area contributed by atoms with Crippen molar-refractivity contribution in [3.05, 3.63) is 34.0 Å². The molecule has 1 aliphatic heterocycles. The number of nitriles is 1. The average Bonchev–Trinajstić information content (AvgIpc) is 3.09. The van der Waals surface area contributed by atoms with Crippen LogP contribution in [0, 0.1) is 11.3 Å². The monoisotopic (exact) mass is 331 g/mol. The number of carbonyl (C=O) groups excluding carboxylic acids is 1. The minimum atomic E-state index is -0.983. The molecule has 0 fully saturated rings. The van der Waals surface area contributed by atoms with Crippen LogP contribution in [-0.2, 0) is 20.0 Å². The lowest BCUT2D eigenvalue weighted by atomic mass is 10.0. The highest BCUT2D eigenvalue weighted by Crippen LogP contribution is 2.36. The number of hydrogen-bond acceptors (Lipinski definition) is 5. The third-order valence-electron chi connectivity index (χ3n) is 3.63.